The maximum atomic E-state index is 4.91. The van der Waals surface area contributed by atoms with Crippen molar-refractivity contribution in [3.63, 3.8) is 0 Å². The predicted octanol–water partition coefficient (Wildman–Crippen LogP) is 3.83. The fourth-order valence-corrected chi connectivity index (χ4v) is 7.44. The molecule has 11 heavy (non-hydrogen) atoms. The first-order valence-electron chi connectivity index (χ1n) is 4.71. The second-order valence-electron chi connectivity index (χ2n) is 3.80. The summed E-state index contributed by atoms with van der Waals surface area (Å²) < 4.78 is 0. The van der Waals surface area contributed by atoms with Crippen molar-refractivity contribution in [1.29, 1.82) is 0 Å². The van der Waals surface area contributed by atoms with Gasteiger partial charge in [-0.1, -0.05) is 13.8 Å². The Morgan fingerprint density at radius 3 is 1.73 bits per heavy atom. The summed E-state index contributed by atoms with van der Waals surface area (Å²) >= 11 is 4.91. The maximum Gasteiger partial charge on any atom is 0.0797 e. The van der Waals surface area contributed by atoms with Crippen LogP contribution in [0.1, 0.15) is 39.5 Å². The van der Waals surface area contributed by atoms with Crippen molar-refractivity contribution in [2.75, 3.05) is 6.66 Å². The first kappa shape index (κ1) is 9.86. The molecule has 0 unspecified atom stereocenters. The second kappa shape index (κ2) is 3.66. The fourth-order valence-electron chi connectivity index (χ4n) is 2.35. The van der Waals surface area contributed by atoms with Crippen LogP contribution in [0.4, 0.5) is 0 Å². The SMILES string of the molecule is CC[C@@H]1CC[C@@H](CC)[P+]1(C)S. The normalized spacial score (nSPS) is 36.0. The van der Waals surface area contributed by atoms with Crippen LogP contribution in [0.5, 0.6) is 0 Å². The van der Waals surface area contributed by atoms with Gasteiger partial charge in [0, 0.05) is 12.2 Å². The lowest BCUT2D eigenvalue weighted by atomic mass is 10.1. The van der Waals surface area contributed by atoms with Crippen molar-refractivity contribution in [3.8, 4) is 0 Å². The molecule has 1 heterocycles. The molecule has 0 nitrogen and oxygen atoms in total. The van der Waals surface area contributed by atoms with Crippen LogP contribution in [0, 0.1) is 0 Å². The molecule has 0 radical (unpaired) electrons. The zero-order valence-corrected chi connectivity index (χ0v) is 9.67. The molecule has 0 aromatic heterocycles. The number of thiol groups is 1. The standard InChI is InChI=1S/C9H20PS/c1-4-8-6-7-9(5-2)10(8,3)11/h8-9,11H,4-7H2,1-3H3/q+1/t8-,9-/m1/s1. The van der Waals surface area contributed by atoms with E-state index >= 15 is 0 Å². The lowest BCUT2D eigenvalue weighted by Crippen LogP contribution is -2.07. The fraction of sp³-hybridized carbons (Fsp3) is 1.00. The Labute approximate surface area is 76.6 Å². The highest BCUT2D eigenvalue weighted by molar-refractivity contribution is 8.53. The van der Waals surface area contributed by atoms with Crippen molar-refractivity contribution in [1.82, 2.24) is 0 Å². The molecule has 66 valence electrons. The molecule has 1 saturated heterocycles. The smallest absolute Gasteiger partial charge is 0.0616 e. The zero-order chi connectivity index (χ0) is 8.48. The largest absolute Gasteiger partial charge is 0.0797 e. The molecule has 0 amide bonds. The Hall–Kier alpha value is 0.780. The Bertz CT molecular complexity index is 120. The quantitative estimate of drug-likeness (QED) is 0.497. The molecule has 1 aliphatic heterocycles. The zero-order valence-electron chi connectivity index (χ0n) is 7.88. The molecule has 2 atom stereocenters. The van der Waals surface area contributed by atoms with Crippen molar-refractivity contribution in [2.45, 2.75) is 50.8 Å². The van der Waals surface area contributed by atoms with Gasteiger partial charge in [-0.2, -0.15) is 0 Å². The van der Waals surface area contributed by atoms with Gasteiger partial charge in [-0.05, 0) is 25.7 Å². The Balaban J connectivity index is 2.64. The van der Waals surface area contributed by atoms with Gasteiger partial charge in [-0.3, -0.25) is 0 Å². The number of rotatable bonds is 2. The van der Waals surface area contributed by atoms with Gasteiger partial charge in [-0.25, -0.2) is 0 Å². The summed E-state index contributed by atoms with van der Waals surface area (Å²) in [6.07, 6.45) is 5.60. The molecule has 0 aromatic rings. The van der Waals surface area contributed by atoms with Gasteiger partial charge < -0.3 is 0 Å². The lowest BCUT2D eigenvalue weighted by Gasteiger charge is -2.22. The molecule has 1 aliphatic rings. The summed E-state index contributed by atoms with van der Waals surface area (Å²) in [5.41, 5.74) is 1.94. The van der Waals surface area contributed by atoms with E-state index in [1.165, 1.54) is 25.7 Å². The van der Waals surface area contributed by atoms with Crippen LogP contribution in [-0.2, 0) is 0 Å². The van der Waals surface area contributed by atoms with Gasteiger partial charge in [0.2, 0.25) is 0 Å². The van der Waals surface area contributed by atoms with Gasteiger partial charge in [0.15, 0.2) is 0 Å². The summed E-state index contributed by atoms with van der Waals surface area (Å²) in [6.45, 7) is 6.25. The first-order valence-corrected chi connectivity index (χ1v) is 8.24. The average molecular weight is 191 g/mol. The van der Waals surface area contributed by atoms with Crippen LogP contribution < -0.4 is 0 Å². The molecule has 2 heteroatoms. The summed E-state index contributed by atoms with van der Waals surface area (Å²) in [5, 5.41) is 0. The van der Waals surface area contributed by atoms with Crippen molar-refractivity contribution in [2.24, 2.45) is 0 Å². The molecule has 0 aromatic carbocycles. The number of hydrogen-bond acceptors (Lipinski definition) is 1. The monoisotopic (exact) mass is 191 g/mol. The van der Waals surface area contributed by atoms with E-state index in [0.717, 1.165) is 11.3 Å². The van der Waals surface area contributed by atoms with Crippen molar-refractivity contribution in [3.05, 3.63) is 0 Å². The minimum atomic E-state index is -0.819. The summed E-state index contributed by atoms with van der Waals surface area (Å²) in [7, 11) is 0. The predicted molar refractivity (Wildman–Crippen MR) is 59.2 cm³/mol. The molecule has 0 spiro atoms. The Kier molecular flexibility index (Phi) is 3.28. The minimum Gasteiger partial charge on any atom is -0.0616 e. The van der Waals surface area contributed by atoms with Crippen LogP contribution in [0.25, 0.3) is 0 Å². The van der Waals surface area contributed by atoms with Crippen LogP contribution in [0.15, 0.2) is 0 Å². The third kappa shape index (κ3) is 1.75. The van der Waals surface area contributed by atoms with Crippen LogP contribution in [-0.4, -0.2) is 18.0 Å². The van der Waals surface area contributed by atoms with E-state index in [-0.39, 0.29) is 0 Å². The summed E-state index contributed by atoms with van der Waals surface area (Å²) in [5.74, 6) is 0. The first-order chi connectivity index (χ1) is 5.12. The van der Waals surface area contributed by atoms with E-state index in [4.69, 9.17) is 12.2 Å². The minimum absolute atomic E-state index is 0.819. The molecule has 0 saturated carbocycles. The average Bonchev–Trinajstić information content (AvgIpc) is 2.24. The molecular weight excluding hydrogens is 171 g/mol. The van der Waals surface area contributed by atoms with E-state index in [2.05, 4.69) is 20.5 Å². The summed E-state index contributed by atoms with van der Waals surface area (Å²) in [4.78, 5) is 0. The van der Waals surface area contributed by atoms with E-state index in [9.17, 15) is 0 Å². The third-order valence-corrected chi connectivity index (χ3v) is 9.42. The lowest BCUT2D eigenvalue weighted by molar-refractivity contribution is 0.696. The number of hydrogen-bond donors (Lipinski definition) is 1. The topological polar surface area (TPSA) is 0 Å². The highest BCUT2D eigenvalue weighted by Crippen LogP contribution is 2.75. The van der Waals surface area contributed by atoms with Crippen LogP contribution in [0.3, 0.4) is 0 Å². The maximum absolute atomic E-state index is 4.91. The van der Waals surface area contributed by atoms with Crippen LogP contribution in [0.2, 0.25) is 0 Å². The van der Waals surface area contributed by atoms with Gasteiger partial charge >= 0.3 is 0 Å². The van der Waals surface area contributed by atoms with Crippen molar-refractivity contribution < 1.29 is 0 Å². The highest BCUT2D eigenvalue weighted by Gasteiger charge is 2.49. The van der Waals surface area contributed by atoms with E-state index in [1.807, 2.05) is 0 Å². The molecular formula is C9H20PS+. The van der Waals surface area contributed by atoms with Gasteiger partial charge in [-0.15, -0.1) is 0 Å². The Morgan fingerprint density at radius 1 is 1.18 bits per heavy atom. The van der Waals surface area contributed by atoms with E-state index in [0.29, 0.717) is 0 Å². The van der Waals surface area contributed by atoms with Gasteiger partial charge in [0.1, 0.15) is 0 Å². The second-order valence-corrected chi connectivity index (χ2v) is 10.0. The summed E-state index contributed by atoms with van der Waals surface area (Å²) in [6, 6.07) is 0. The molecule has 0 N–H and O–H groups in total. The highest BCUT2D eigenvalue weighted by atomic mass is 32.7. The van der Waals surface area contributed by atoms with Crippen molar-refractivity contribution >= 4 is 18.7 Å². The van der Waals surface area contributed by atoms with E-state index in [1.54, 1.807) is 0 Å². The molecule has 0 aliphatic carbocycles. The van der Waals surface area contributed by atoms with Gasteiger partial charge in [0.25, 0.3) is 0 Å². The van der Waals surface area contributed by atoms with Crippen LogP contribution >= 0.6 is 18.7 Å². The Morgan fingerprint density at radius 2 is 1.55 bits per heavy atom. The van der Waals surface area contributed by atoms with E-state index < -0.39 is 6.46 Å². The molecule has 1 fully saturated rings. The molecule has 1 rings (SSSR count). The van der Waals surface area contributed by atoms with Gasteiger partial charge in [0.05, 0.1) is 24.4 Å². The molecule has 0 bridgehead atoms. The third-order valence-electron chi connectivity index (χ3n) is 3.25.